The highest BCUT2D eigenvalue weighted by atomic mass is 16.6. The van der Waals surface area contributed by atoms with Crippen molar-refractivity contribution in [3.8, 4) is 0 Å². The zero-order valence-corrected chi connectivity index (χ0v) is 18.2. The van der Waals surface area contributed by atoms with Crippen molar-refractivity contribution >= 4 is 11.6 Å². The van der Waals surface area contributed by atoms with Crippen LogP contribution in [0.15, 0.2) is 12.7 Å². The highest BCUT2D eigenvalue weighted by molar-refractivity contribution is 5.97. The van der Waals surface area contributed by atoms with E-state index in [0.29, 0.717) is 12.8 Å². The quantitative estimate of drug-likeness (QED) is 0.499. The van der Waals surface area contributed by atoms with Gasteiger partial charge in [0.1, 0.15) is 5.60 Å². The van der Waals surface area contributed by atoms with Crippen LogP contribution in [0.2, 0.25) is 0 Å². The van der Waals surface area contributed by atoms with E-state index in [1.807, 2.05) is 13.8 Å². The average Bonchev–Trinajstić information content (AvgIpc) is 2.60. The Morgan fingerprint density at radius 2 is 1.72 bits per heavy atom. The van der Waals surface area contributed by atoms with Crippen LogP contribution in [-0.2, 0) is 14.3 Å². The van der Waals surface area contributed by atoms with Crippen molar-refractivity contribution in [3.63, 3.8) is 0 Å². The highest BCUT2D eigenvalue weighted by Crippen LogP contribution is 2.68. The van der Waals surface area contributed by atoms with Crippen LogP contribution in [-0.4, -0.2) is 66.6 Å². The number of ketones is 2. The Hall–Kier alpha value is -1.12. The van der Waals surface area contributed by atoms with Crippen molar-refractivity contribution in [2.45, 2.75) is 95.4 Å². The molecule has 0 spiro atoms. The van der Waals surface area contributed by atoms with Gasteiger partial charge in [-0.05, 0) is 39.0 Å². The minimum Gasteiger partial charge on any atom is -0.392 e. The van der Waals surface area contributed by atoms with E-state index >= 15 is 0 Å². The molecule has 1 aliphatic heterocycles. The normalized spacial score (nSPS) is 54.3. The third-order valence-electron chi connectivity index (χ3n) is 8.50. The second-order valence-electron chi connectivity index (χ2n) is 10.5. The number of fused-ring (bicyclic) bond motifs is 3. The zero-order chi connectivity index (χ0) is 22.4. The van der Waals surface area contributed by atoms with Crippen molar-refractivity contribution in [2.24, 2.45) is 16.7 Å². The Kier molecular flexibility index (Phi) is 4.65. The number of ether oxygens (including phenoxy) is 1. The SMILES string of the molecule is C=C[C@@]1(C)CC(=O)[C@]2(O)[C@@]3(C)[C@@H](O)CCC(C)(C)[C@@H]3[C@H](O)[C@](O)(C(C)=O)[C@@]2(C)O1. The molecule has 0 unspecified atom stereocenters. The number of carbonyl (C=O) groups is 2. The first-order valence-electron chi connectivity index (χ1n) is 10.2. The minimum atomic E-state index is -2.57. The van der Waals surface area contributed by atoms with E-state index < -0.39 is 62.9 Å². The van der Waals surface area contributed by atoms with E-state index in [0.717, 1.165) is 6.92 Å². The van der Waals surface area contributed by atoms with Gasteiger partial charge in [0.25, 0.3) is 0 Å². The summed E-state index contributed by atoms with van der Waals surface area (Å²) in [5, 5.41) is 46.3. The molecule has 0 aromatic rings. The summed E-state index contributed by atoms with van der Waals surface area (Å²) in [6.07, 6.45) is -0.862. The van der Waals surface area contributed by atoms with Gasteiger partial charge in [-0.25, -0.2) is 0 Å². The van der Waals surface area contributed by atoms with Gasteiger partial charge in [-0.1, -0.05) is 26.8 Å². The predicted molar refractivity (Wildman–Crippen MR) is 105 cm³/mol. The van der Waals surface area contributed by atoms with Crippen LogP contribution >= 0.6 is 0 Å². The third kappa shape index (κ3) is 2.26. The maximum absolute atomic E-state index is 13.6. The molecule has 0 aromatic carbocycles. The summed E-state index contributed by atoms with van der Waals surface area (Å²) >= 11 is 0. The number of rotatable bonds is 2. The van der Waals surface area contributed by atoms with E-state index in [2.05, 4.69) is 6.58 Å². The molecule has 7 nitrogen and oxygen atoms in total. The third-order valence-corrected chi connectivity index (χ3v) is 8.50. The van der Waals surface area contributed by atoms with E-state index in [-0.39, 0.29) is 6.42 Å². The first kappa shape index (κ1) is 22.6. The van der Waals surface area contributed by atoms with Gasteiger partial charge < -0.3 is 25.2 Å². The van der Waals surface area contributed by atoms with Crippen molar-refractivity contribution in [3.05, 3.63) is 12.7 Å². The van der Waals surface area contributed by atoms with Gasteiger partial charge >= 0.3 is 0 Å². The van der Waals surface area contributed by atoms with Crippen LogP contribution in [0.3, 0.4) is 0 Å². The molecule has 164 valence electrons. The molecule has 0 radical (unpaired) electrons. The second kappa shape index (κ2) is 5.98. The largest absolute Gasteiger partial charge is 0.392 e. The molecular formula is C22H34O7. The summed E-state index contributed by atoms with van der Waals surface area (Å²) < 4.78 is 6.14. The van der Waals surface area contributed by atoms with Crippen molar-refractivity contribution in [1.82, 2.24) is 0 Å². The lowest BCUT2D eigenvalue weighted by Gasteiger charge is -2.73. The van der Waals surface area contributed by atoms with Gasteiger partial charge in [-0.3, -0.25) is 9.59 Å². The van der Waals surface area contributed by atoms with Gasteiger partial charge in [0, 0.05) is 17.8 Å². The Bertz CT molecular complexity index is 777. The second-order valence-corrected chi connectivity index (χ2v) is 10.5. The van der Waals surface area contributed by atoms with E-state index in [1.165, 1.54) is 13.0 Å². The van der Waals surface area contributed by atoms with Crippen LogP contribution in [0, 0.1) is 16.7 Å². The molecule has 1 saturated heterocycles. The summed E-state index contributed by atoms with van der Waals surface area (Å²) in [6, 6.07) is 0. The number of aliphatic hydroxyl groups excluding tert-OH is 2. The van der Waals surface area contributed by atoms with Crippen LogP contribution in [0.4, 0.5) is 0 Å². The molecular weight excluding hydrogens is 376 g/mol. The van der Waals surface area contributed by atoms with Crippen molar-refractivity contribution in [2.75, 3.05) is 0 Å². The van der Waals surface area contributed by atoms with E-state index in [4.69, 9.17) is 4.74 Å². The number of carbonyl (C=O) groups excluding carboxylic acids is 2. The van der Waals surface area contributed by atoms with Gasteiger partial charge in [0.05, 0.1) is 17.8 Å². The highest BCUT2D eigenvalue weighted by Gasteiger charge is 2.85. The van der Waals surface area contributed by atoms with Crippen molar-refractivity contribution < 1.29 is 34.8 Å². The standard InChI is InChI=1S/C22H34O7/c1-8-18(5)11-14(25)22(28)19(6)13(24)9-10-17(3,4)15(19)16(26)21(27,12(2)23)20(22,7)29-18/h8,13,15-16,24,26-28H,1,9-11H2,2-7H3/t13-,15-,16-,18-,19-,20+,21+,22-/m0/s1. The summed E-state index contributed by atoms with van der Waals surface area (Å²) in [4.78, 5) is 26.4. The molecule has 3 aliphatic rings. The van der Waals surface area contributed by atoms with Gasteiger partial charge in [0.15, 0.2) is 22.8 Å². The molecule has 2 aliphatic carbocycles. The smallest absolute Gasteiger partial charge is 0.180 e. The molecule has 0 bridgehead atoms. The predicted octanol–water partition coefficient (Wildman–Crippen LogP) is 0.908. The molecule has 2 saturated carbocycles. The lowest BCUT2D eigenvalue weighted by Crippen LogP contribution is -2.91. The minimum absolute atomic E-state index is 0.234. The number of Topliss-reactive ketones (excluding diaryl/α,β-unsaturated/α-hetero) is 2. The summed E-state index contributed by atoms with van der Waals surface area (Å²) in [5.74, 6) is -2.40. The maximum atomic E-state index is 13.6. The molecule has 3 fully saturated rings. The Morgan fingerprint density at radius 1 is 1.17 bits per heavy atom. The average molecular weight is 411 g/mol. The fraction of sp³-hybridized carbons (Fsp3) is 0.818. The molecule has 4 N–H and O–H groups in total. The fourth-order valence-electron chi connectivity index (χ4n) is 6.84. The van der Waals surface area contributed by atoms with Crippen LogP contribution in [0.1, 0.15) is 60.8 Å². The van der Waals surface area contributed by atoms with Crippen LogP contribution in [0.5, 0.6) is 0 Å². The maximum Gasteiger partial charge on any atom is 0.180 e. The molecule has 8 atom stereocenters. The Morgan fingerprint density at radius 3 is 2.21 bits per heavy atom. The molecule has 1 heterocycles. The fourth-order valence-corrected chi connectivity index (χ4v) is 6.84. The van der Waals surface area contributed by atoms with E-state index in [1.54, 1.807) is 13.8 Å². The van der Waals surface area contributed by atoms with Crippen LogP contribution < -0.4 is 0 Å². The van der Waals surface area contributed by atoms with Crippen molar-refractivity contribution in [1.29, 1.82) is 0 Å². The molecule has 7 heteroatoms. The Balaban J connectivity index is 2.43. The number of hydrogen-bond donors (Lipinski definition) is 4. The van der Waals surface area contributed by atoms with Gasteiger partial charge in [-0.15, -0.1) is 6.58 Å². The summed E-state index contributed by atoms with van der Waals surface area (Å²) in [7, 11) is 0. The topological polar surface area (TPSA) is 124 Å². The summed E-state index contributed by atoms with van der Waals surface area (Å²) in [5.41, 5.74) is -10.7. The van der Waals surface area contributed by atoms with Gasteiger partial charge in [-0.2, -0.15) is 0 Å². The first-order valence-corrected chi connectivity index (χ1v) is 10.2. The number of hydrogen-bond acceptors (Lipinski definition) is 7. The monoisotopic (exact) mass is 410 g/mol. The van der Waals surface area contributed by atoms with Gasteiger partial charge in [0.2, 0.25) is 0 Å². The lowest BCUT2D eigenvalue weighted by atomic mass is 9.37. The lowest BCUT2D eigenvalue weighted by molar-refractivity contribution is -0.388. The zero-order valence-electron chi connectivity index (χ0n) is 18.2. The molecule has 3 rings (SSSR count). The molecule has 29 heavy (non-hydrogen) atoms. The van der Waals surface area contributed by atoms with E-state index in [9.17, 15) is 30.0 Å². The molecule has 0 aromatic heterocycles. The first-order chi connectivity index (χ1) is 13.0. The summed E-state index contributed by atoms with van der Waals surface area (Å²) in [6.45, 7) is 12.9. The van der Waals surface area contributed by atoms with Crippen LogP contribution in [0.25, 0.3) is 0 Å². The molecule has 0 amide bonds. The Labute approximate surface area is 171 Å². The number of aliphatic hydroxyl groups is 4.